The first-order valence-corrected chi connectivity index (χ1v) is 7.25. The van der Waals surface area contributed by atoms with Crippen molar-refractivity contribution in [2.24, 2.45) is 5.92 Å². The molecule has 1 N–H and O–H groups in total. The van der Waals surface area contributed by atoms with Gasteiger partial charge < -0.3 is 9.47 Å². The molecule has 0 aromatic heterocycles. The maximum Gasteiger partial charge on any atom is 0.322 e. The zero-order chi connectivity index (χ0) is 14.8. The first-order valence-electron chi connectivity index (χ1n) is 7.25. The molecule has 0 unspecified atom stereocenters. The molecule has 0 aliphatic carbocycles. The van der Waals surface area contributed by atoms with Gasteiger partial charge in [0.05, 0.1) is 6.61 Å². The number of benzene rings is 1. The Balaban J connectivity index is 2.21. The van der Waals surface area contributed by atoms with E-state index in [2.05, 4.69) is 19.2 Å². The van der Waals surface area contributed by atoms with Crippen molar-refractivity contribution in [3.63, 3.8) is 0 Å². The molecule has 0 fully saturated rings. The van der Waals surface area contributed by atoms with E-state index in [0.717, 1.165) is 18.6 Å². The van der Waals surface area contributed by atoms with E-state index < -0.39 is 0 Å². The van der Waals surface area contributed by atoms with Gasteiger partial charge in [0, 0.05) is 0 Å². The second-order valence-electron chi connectivity index (χ2n) is 4.84. The van der Waals surface area contributed by atoms with Crippen LogP contribution in [0.2, 0.25) is 0 Å². The lowest BCUT2D eigenvalue weighted by molar-refractivity contribution is -0.147. The second kappa shape index (κ2) is 9.37. The molecule has 4 nitrogen and oxygen atoms in total. The second-order valence-corrected chi connectivity index (χ2v) is 4.84. The Kier molecular flexibility index (Phi) is 7.73. The van der Waals surface area contributed by atoms with Crippen LogP contribution in [0.3, 0.4) is 0 Å². The molecule has 4 heteroatoms. The molecule has 1 aromatic rings. The third-order valence-corrected chi connectivity index (χ3v) is 3.34. The maximum absolute atomic E-state index is 11.8. The van der Waals surface area contributed by atoms with Crippen LogP contribution in [-0.2, 0) is 9.53 Å². The van der Waals surface area contributed by atoms with E-state index >= 15 is 0 Å². The smallest absolute Gasteiger partial charge is 0.322 e. The molecule has 0 aliphatic heterocycles. The number of hydrogen-bond acceptors (Lipinski definition) is 4. The predicted molar refractivity (Wildman–Crippen MR) is 79.6 cm³/mol. The van der Waals surface area contributed by atoms with Gasteiger partial charge in [-0.15, -0.1) is 0 Å². The van der Waals surface area contributed by atoms with Crippen LogP contribution in [0.5, 0.6) is 5.75 Å². The van der Waals surface area contributed by atoms with Crippen molar-refractivity contribution < 1.29 is 14.3 Å². The lowest BCUT2D eigenvalue weighted by Gasteiger charge is -2.17. The number of carbonyl (C=O) groups is 1. The van der Waals surface area contributed by atoms with E-state index in [0.29, 0.717) is 12.5 Å². The molecule has 0 aliphatic rings. The minimum atomic E-state index is -0.368. The third-order valence-electron chi connectivity index (χ3n) is 3.34. The van der Waals surface area contributed by atoms with Crippen LogP contribution in [-0.4, -0.2) is 25.3 Å². The largest absolute Gasteiger partial charge is 0.478 e. The molecule has 0 heterocycles. The zero-order valence-electron chi connectivity index (χ0n) is 12.6. The number of ether oxygens (including phenoxy) is 2. The molecule has 20 heavy (non-hydrogen) atoms. The number of carbonyl (C=O) groups excluding carboxylic acids is 1. The molecule has 0 spiro atoms. The summed E-state index contributed by atoms with van der Waals surface area (Å²) in [7, 11) is 0. The van der Waals surface area contributed by atoms with Crippen molar-refractivity contribution >= 4 is 5.97 Å². The number of esters is 1. The van der Waals surface area contributed by atoms with Gasteiger partial charge in [0.25, 0.3) is 0 Å². The van der Waals surface area contributed by atoms with Crippen LogP contribution in [0.1, 0.15) is 33.6 Å². The van der Waals surface area contributed by atoms with Gasteiger partial charge in [-0.3, -0.25) is 10.1 Å². The van der Waals surface area contributed by atoms with Gasteiger partial charge in [-0.2, -0.15) is 0 Å². The third kappa shape index (κ3) is 6.06. The SMILES string of the molecule is CCC(CC)COC(=O)[C@H](C)NCOc1ccccc1. The molecule has 1 atom stereocenters. The lowest BCUT2D eigenvalue weighted by Crippen LogP contribution is -2.38. The van der Waals surface area contributed by atoms with Crippen molar-refractivity contribution in [2.45, 2.75) is 39.7 Å². The van der Waals surface area contributed by atoms with Gasteiger partial charge in [0.2, 0.25) is 0 Å². The van der Waals surface area contributed by atoms with E-state index in [9.17, 15) is 4.79 Å². The summed E-state index contributed by atoms with van der Waals surface area (Å²) in [4.78, 5) is 11.8. The molecule has 1 rings (SSSR count). The van der Waals surface area contributed by atoms with E-state index in [1.807, 2.05) is 30.3 Å². The Morgan fingerprint density at radius 1 is 1.20 bits per heavy atom. The summed E-state index contributed by atoms with van der Waals surface area (Å²) in [5.41, 5.74) is 0. The molecule has 0 amide bonds. The topological polar surface area (TPSA) is 47.6 Å². The molecule has 112 valence electrons. The van der Waals surface area contributed by atoms with Crippen molar-refractivity contribution in [3.8, 4) is 5.75 Å². The van der Waals surface area contributed by atoms with Crippen LogP contribution >= 0.6 is 0 Å². The summed E-state index contributed by atoms with van der Waals surface area (Å²) < 4.78 is 10.8. The molecule has 1 aromatic carbocycles. The van der Waals surface area contributed by atoms with Gasteiger partial charge >= 0.3 is 5.97 Å². The zero-order valence-corrected chi connectivity index (χ0v) is 12.6. The van der Waals surface area contributed by atoms with Crippen LogP contribution in [0, 0.1) is 5.92 Å². The highest BCUT2D eigenvalue weighted by Crippen LogP contribution is 2.09. The Morgan fingerprint density at radius 3 is 2.45 bits per heavy atom. The number of para-hydroxylation sites is 1. The highest BCUT2D eigenvalue weighted by atomic mass is 16.5. The van der Waals surface area contributed by atoms with Gasteiger partial charge in [-0.05, 0) is 25.0 Å². The molecule has 0 saturated carbocycles. The predicted octanol–water partition coefficient (Wildman–Crippen LogP) is 2.98. The maximum atomic E-state index is 11.8. The van der Waals surface area contributed by atoms with Crippen LogP contribution in [0.25, 0.3) is 0 Å². The number of rotatable bonds is 9. The van der Waals surface area contributed by atoms with Crippen molar-refractivity contribution in [1.29, 1.82) is 0 Å². The standard InChI is InChI=1S/C16H25NO3/c1-4-14(5-2)11-19-16(18)13(3)17-12-20-15-9-7-6-8-10-15/h6-10,13-14,17H,4-5,11-12H2,1-3H3/t13-/m0/s1. The van der Waals surface area contributed by atoms with Crippen LogP contribution in [0.4, 0.5) is 0 Å². The Labute approximate surface area is 121 Å². The average molecular weight is 279 g/mol. The highest BCUT2D eigenvalue weighted by molar-refractivity contribution is 5.75. The van der Waals surface area contributed by atoms with Crippen LogP contribution < -0.4 is 10.1 Å². The summed E-state index contributed by atoms with van der Waals surface area (Å²) in [5, 5.41) is 2.99. The fourth-order valence-corrected chi connectivity index (χ4v) is 1.70. The quantitative estimate of drug-likeness (QED) is 0.557. The van der Waals surface area contributed by atoms with Gasteiger partial charge in [0.1, 0.15) is 18.5 Å². The summed E-state index contributed by atoms with van der Waals surface area (Å²) >= 11 is 0. The minimum absolute atomic E-state index is 0.228. The summed E-state index contributed by atoms with van der Waals surface area (Å²) in [5.74, 6) is 0.998. The first kappa shape index (κ1) is 16.5. The average Bonchev–Trinajstić information content (AvgIpc) is 2.49. The monoisotopic (exact) mass is 279 g/mol. The van der Waals surface area contributed by atoms with E-state index in [1.54, 1.807) is 6.92 Å². The van der Waals surface area contributed by atoms with Gasteiger partial charge in [0.15, 0.2) is 0 Å². The Morgan fingerprint density at radius 2 is 1.85 bits per heavy atom. The van der Waals surface area contributed by atoms with Crippen molar-refractivity contribution in [2.75, 3.05) is 13.3 Å². The summed E-state index contributed by atoms with van der Waals surface area (Å²) in [6.07, 6.45) is 2.06. The summed E-state index contributed by atoms with van der Waals surface area (Å²) in [6.45, 7) is 6.78. The fraction of sp³-hybridized carbons (Fsp3) is 0.562. The van der Waals surface area contributed by atoms with Gasteiger partial charge in [-0.25, -0.2) is 0 Å². The van der Waals surface area contributed by atoms with Crippen LogP contribution in [0.15, 0.2) is 30.3 Å². The molecule has 0 radical (unpaired) electrons. The molecule has 0 saturated heterocycles. The number of hydrogen-bond donors (Lipinski definition) is 1. The van der Waals surface area contributed by atoms with Gasteiger partial charge in [-0.1, -0.05) is 44.9 Å². The summed E-state index contributed by atoms with van der Waals surface area (Å²) in [6, 6.07) is 9.12. The minimum Gasteiger partial charge on any atom is -0.478 e. The molecular formula is C16H25NO3. The Hall–Kier alpha value is -1.55. The fourth-order valence-electron chi connectivity index (χ4n) is 1.70. The van der Waals surface area contributed by atoms with Crippen molar-refractivity contribution in [3.05, 3.63) is 30.3 Å². The molecule has 0 bridgehead atoms. The number of nitrogens with one attached hydrogen (secondary N) is 1. The van der Waals surface area contributed by atoms with E-state index in [-0.39, 0.29) is 18.7 Å². The Bertz CT molecular complexity index is 377. The normalized spacial score (nSPS) is 12.2. The highest BCUT2D eigenvalue weighted by Gasteiger charge is 2.15. The lowest BCUT2D eigenvalue weighted by atomic mass is 10.1. The molecular weight excluding hydrogens is 254 g/mol. The first-order chi connectivity index (χ1) is 9.67. The van der Waals surface area contributed by atoms with E-state index in [1.165, 1.54) is 0 Å². The van der Waals surface area contributed by atoms with Crippen molar-refractivity contribution in [1.82, 2.24) is 5.32 Å². The van der Waals surface area contributed by atoms with E-state index in [4.69, 9.17) is 9.47 Å².